The molecule has 1 N–H and O–H groups in total. The Morgan fingerprint density at radius 2 is 2.00 bits per heavy atom. The summed E-state index contributed by atoms with van der Waals surface area (Å²) in [5.41, 5.74) is 2.54. The first-order valence-electron chi connectivity index (χ1n) is 5.91. The Labute approximate surface area is 101 Å². The summed E-state index contributed by atoms with van der Waals surface area (Å²) in [4.78, 5) is 0. The van der Waals surface area contributed by atoms with Crippen LogP contribution in [0, 0.1) is 0 Å². The first kappa shape index (κ1) is 11.9. The molecular formula is C12H19N5. The molecule has 2 rings (SSSR count). The Hall–Kier alpha value is -1.62. The van der Waals surface area contributed by atoms with Crippen LogP contribution in [0.25, 0.3) is 0 Å². The maximum atomic E-state index is 4.15. The van der Waals surface area contributed by atoms with Crippen molar-refractivity contribution in [2.45, 2.75) is 12.8 Å². The smallest absolute Gasteiger partial charge is 0.0522 e. The highest BCUT2D eigenvalue weighted by atomic mass is 15.3. The van der Waals surface area contributed by atoms with Gasteiger partial charge in [0, 0.05) is 45.1 Å². The van der Waals surface area contributed by atoms with Gasteiger partial charge in [-0.2, -0.15) is 10.2 Å². The van der Waals surface area contributed by atoms with Crippen LogP contribution in [-0.2, 0) is 26.9 Å². The predicted molar refractivity (Wildman–Crippen MR) is 66.7 cm³/mol. The van der Waals surface area contributed by atoms with Crippen molar-refractivity contribution in [3.05, 3.63) is 35.9 Å². The van der Waals surface area contributed by atoms with Gasteiger partial charge in [-0.05, 0) is 24.6 Å². The standard InChI is InChI=1S/C12H19N5/c1-16-10-11(9-15-16)3-6-13-7-4-12-5-8-14-17(12)2/h5,8-10,13H,3-4,6-7H2,1-2H3. The molecule has 0 fully saturated rings. The molecule has 2 heterocycles. The van der Waals surface area contributed by atoms with E-state index >= 15 is 0 Å². The predicted octanol–water partition coefficient (Wildman–Crippen LogP) is 0.528. The van der Waals surface area contributed by atoms with Crippen LogP contribution in [0.15, 0.2) is 24.7 Å². The second-order valence-corrected chi connectivity index (χ2v) is 4.22. The van der Waals surface area contributed by atoms with Crippen LogP contribution in [0.5, 0.6) is 0 Å². The lowest BCUT2D eigenvalue weighted by atomic mass is 10.2. The van der Waals surface area contributed by atoms with Crippen molar-refractivity contribution in [3.8, 4) is 0 Å². The minimum absolute atomic E-state index is 0.986. The number of aromatic nitrogens is 4. The van der Waals surface area contributed by atoms with E-state index in [1.54, 1.807) is 0 Å². The summed E-state index contributed by atoms with van der Waals surface area (Å²) in [6.45, 7) is 1.98. The second kappa shape index (κ2) is 5.63. The molecule has 5 nitrogen and oxygen atoms in total. The molecule has 17 heavy (non-hydrogen) atoms. The molecule has 0 aliphatic heterocycles. The van der Waals surface area contributed by atoms with Crippen LogP contribution in [0.3, 0.4) is 0 Å². The number of nitrogens with zero attached hydrogens (tertiary/aromatic N) is 4. The monoisotopic (exact) mass is 233 g/mol. The fraction of sp³-hybridized carbons (Fsp3) is 0.500. The van der Waals surface area contributed by atoms with Gasteiger partial charge in [0.15, 0.2) is 0 Å². The summed E-state index contributed by atoms with van der Waals surface area (Å²) < 4.78 is 3.76. The van der Waals surface area contributed by atoms with Gasteiger partial charge in [0.05, 0.1) is 6.20 Å². The first-order valence-corrected chi connectivity index (χ1v) is 5.91. The molecule has 2 aromatic heterocycles. The largest absolute Gasteiger partial charge is 0.316 e. The second-order valence-electron chi connectivity index (χ2n) is 4.22. The molecule has 2 aromatic rings. The van der Waals surface area contributed by atoms with Gasteiger partial charge in [-0.1, -0.05) is 0 Å². The van der Waals surface area contributed by atoms with E-state index in [9.17, 15) is 0 Å². The van der Waals surface area contributed by atoms with Crippen molar-refractivity contribution >= 4 is 0 Å². The molecular weight excluding hydrogens is 214 g/mol. The molecule has 0 aliphatic carbocycles. The van der Waals surface area contributed by atoms with Crippen molar-refractivity contribution in [1.82, 2.24) is 24.9 Å². The maximum Gasteiger partial charge on any atom is 0.0522 e. The Balaban J connectivity index is 1.62. The lowest BCUT2D eigenvalue weighted by molar-refractivity contribution is 0.642. The fourth-order valence-corrected chi connectivity index (χ4v) is 1.82. The average Bonchev–Trinajstić information content (AvgIpc) is 2.88. The summed E-state index contributed by atoms with van der Waals surface area (Å²) in [5.74, 6) is 0. The van der Waals surface area contributed by atoms with Gasteiger partial charge in [-0.15, -0.1) is 0 Å². The summed E-state index contributed by atoms with van der Waals surface area (Å²) in [7, 11) is 3.92. The molecule has 0 atom stereocenters. The van der Waals surface area contributed by atoms with Gasteiger partial charge in [0.2, 0.25) is 0 Å². The minimum atomic E-state index is 0.986. The van der Waals surface area contributed by atoms with Crippen molar-refractivity contribution in [1.29, 1.82) is 0 Å². The van der Waals surface area contributed by atoms with E-state index in [4.69, 9.17) is 0 Å². The molecule has 0 aromatic carbocycles. The van der Waals surface area contributed by atoms with Crippen LogP contribution in [0.4, 0.5) is 0 Å². The van der Waals surface area contributed by atoms with Gasteiger partial charge in [-0.3, -0.25) is 9.36 Å². The number of aryl methyl sites for hydroxylation is 2. The van der Waals surface area contributed by atoms with Crippen LogP contribution in [-0.4, -0.2) is 32.7 Å². The fourth-order valence-electron chi connectivity index (χ4n) is 1.82. The minimum Gasteiger partial charge on any atom is -0.316 e. The first-order chi connectivity index (χ1) is 8.25. The van der Waals surface area contributed by atoms with E-state index in [0.29, 0.717) is 0 Å². The van der Waals surface area contributed by atoms with Gasteiger partial charge in [-0.25, -0.2) is 0 Å². The SMILES string of the molecule is Cn1cc(CCNCCc2ccnn2C)cn1. The van der Waals surface area contributed by atoms with E-state index in [0.717, 1.165) is 25.9 Å². The Kier molecular flexibility index (Phi) is 3.93. The highest BCUT2D eigenvalue weighted by molar-refractivity contribution is 5.04. The summed E-state index contributed by atoms with van der Waals surface area (Å²) in [5, 5.41) is 11.7. The third kappa shape index (κ3) is 3.42. The molecule has 0 radical (unpaired) electrons. The number of hydrogen-bond acceptors (Lipinski definition) is 3. The number of rotatable bonds is 6. The maximum absolute atomic E-state index is 4.15. The third-order valence-corrected chi connectivity index (χ3v) is 2.83. The Morgan fingerprint density at radius 1 is 1.18 bits per heavy atom. The summed E-state index contributed by atoms with van der Waals surface area (Å²) >= 11 is 0. The van der Waals surface area contributed by atoms with Crippen molar-refractivity contribution in [3.63, 3.8) is 0 Å². The van der Waals surface area contributed by atoms with Crippen LogP contribution >= 0.6 is 0 Å². The number of nitrogens with one attached hydrogen (secondary N) is 1. The Morgan fingerprint density at radius 3 is 2.65 bits per heavy atom. The average molecular weight is 233 g/mol. The molecule has 0 spiro atoms. The molecule has 5 heteroatoms. The van der Waals surface area contributed by atoms with E-state index in [-0.39, 0.29) is 0 Å². The highest BCUT2D eigenvalue weighted by Gasteiger charge is 1.98. The summed E-state index contributed by atoms with van der Waals surface area (Å²) in [6.07, 6.45) is 7.86. The van der Waals surface area contributed by atoms with Crippen LogP contribution in [0.1, 0.15) is 11.3 Å². The number of hydrogen-bond donors (Lipinski definition) is 1. The molecule has 0 unspecified atom stereocenters. The lowest BCUT2D eigenvalue weighted by Crippen LogP contribution is -2.20. The van der Waals surface area contributed by atoms with Crippen molar-refractivity contribution in [2.24, 2.45) is 14.1 Å². The molecule has 0 saturated carbocycles. The normalized spacial score (nSPS) is 10.9. The lowest BCUT2D eigenvalue weighted by Gasteiger charge is -2.04. The zero-order valence-corrected chi connectivity index (χ0v) is 10.4. The van der Waals surface area contributed by atoms with E-state index in [1.807, 2.05) is 35.9 Å². The summed E-state index contributed by atoms with van der Waals surface area (Å²) in [6, 6.07) is 2.06. The molecule has 0 aliphatic rings. The van der Waals surface area contributed by atoms with Crippen LogP contribution < -0.4 is 5.32 Å². The molecule has 0 saturated heterocycles. The Bertz CT molecular complexity index is 457. The molecule has 0 bridgehead atoms. The van der Waals surface area contributed by atoms with E-state index in [1.165, 1.54) is 11.3 Å². The van der Waals surface area contributed by atoms with E-state index < -0.39 is 0 Å². The molecule has 0 amide bonds. The van der Waals surface area contributed by atoms with Gasteiger partial charge < -0.3 is 5.32 Å². The topological polar surface area (TPSA) is 47.7 Å². The van der Waals surface area contributed by atoms with E-state index in [2.05, 4.69) is 27.8 Å². The molecule has 92 valence electrons. The van der Waals surface area contributed by atoms with Crippen molar-refractivity contribution < 1.29 is 0 Å². The third-order valence-electron chi connectivity index (χ3n) is 2.83. The van der Waals surface area contributed by atoms with Gasteiger partial charge in [0.25, 0.3) is 0 Å². The van der Waals surface area contributed by atoms with Gasteiger partial charge in [0.1, 0.15) is 0 Å². The zero-order valence-electron chi connectivity index (χ0n) is 10.4. The zero-order chi connectivity index (χ0) is 12.1. The van der Waals surface area contributed by atoms with Crippen molar-refractivity contribution in [2.75, 3.05) is 13.1 Å². The quantitative estimate of drug-likeness (QED) is 0.740. The highest BCUT2D eigenvalue weighted by Crippen LogP contribution is 1.97. The van der Waals surface area contributed by atoms with Gasteiger partial charge >= 0.3 is 0 Å². The van der Waals surface area contributed by atoms with Crippen LogP contribution in [0.2, 0.25) is 0 Å².